The van der Waals surface area contributed by atoms with Crippen LogP contribution in [0.25, 0.3) is 10.9 Å². The quantitative estimate of drug-likeness (QED) is 0.457. The molecule has 5 heteroatoms. The van der Waals surface area contributed by atoms with E-state index < -0.39 is 0 Å². The van der Waals surface area contributed by atoms with Crippen molar-refractivity contribution in [2.45, 2.75) is 57.6 Å². The Kier molecular flexibility index (Phi) is 6.76. The largest absolute Gasteiger partial charge is 0.376 e. The molecule has 158 valence electrons. The fraction of sp³-hybridized carbons (Fsp3) is 0.400. The molecular weight excluding hydrogens is 396 g/mol. The first kappa shape index (κ1) is 21.0. The third kappa shape index (κ3) is 4.88. The molecule has 1 aliphatic rings. The van der Waals surface area contributed by atoms with E-state index >= 15 is 0 Å². The summed E-state index contributed by atoms with van der Waals surface area (Å²) >= 11 is 6.08. The lowest BCUT2D eigenvalue weighted by molar-refractivity contribution is 0.0196. The fourth-order valence-corrected chi connectivity index (χ4v) is 4.42. The van der Waals surface area contributed by atoms with Crippen LogP contribution < -0.4 is 5.32 Å². The Hall–Kier alpha value is -2.30. The Morgan fingerprint density at radius 3 is 2.70 bits per heavy atom. The number of hydrogen-bond acceptors (Lipinski definition) is 2. The number of unbranched alkanes of at least 4 members (excludes halogenated alkanes) is 3. The van der Waals surface area contributed by atoms with E-state index in [1.165, 1.54) is 30.4 Å². The van der Waals surface area contributed by atoms with Crippen molar-refractivity contribution in [1.29, 1.82) is 0 Å². The molecule has 3 aromatic rings. The van der Waals surface area contributed by atoms with Crippen LogP contribution >= 0.6 is 11.6 Å². The number of rotatable bonds is 8. The van der Waals surface area contributed by atoms with Crippen LogP contribution in [0.5, 0.6) is 0 Å². The number of amides is 1. The molecule has 2 atom stereocenters. The molecule has 0 spiro atoms. The van der Waals surface area contributed by atoms with Crippen LogP contribution in [0.15, 0.2) is 48.5 Å². The molecule has 1 aliphatic carbocycles. The summed E-state index contributed by atoms with van der Waals surface area (Å²) in [6, 6.07) is 15.8. The number of aromatic amines is 1. The molecule has 0 aliphatic heterocycles. The van der Waals surface area contributed by atoms with Crippen LogP contribution in [0.1, 0.15) is 54.2 Å². The van der Waals surface area contributed by atoms with Gasteiger partial charge >= 0.3 is 0 Å². The number of carbonyl (C=O) groups excluding carboxylic acids is 1. The van der Waals surface area contributed by atoms with Gasteiger partial charge in [0, 0.05) is 29.0 Å². The highest BCUT2D eigenvalue weighted by Gasteiger charge is 2.30. The van der Waals surface area contributed by atoms with Gasteiger partial charge < -0.3 is 15.0 Å². The van der Waals surface area contributed by atoms with Crippen LogP contribution in [-0.4, -0.2) is 29.6 Å². The highest BCUT2D eigenvalue weighted by molar-refractivity contribution is 6.31. The smallest absolute Gasteiger partial charge is 0.268 e. The van der Waals surface area contributed by atoms with Crippen molar-refractivity contribution in [2.75, 3.05) is 6.61 Å². The number of hydrogen-bond donors (Lipinski definition) is 2. The van der Waals surface area contributed by atoms with Gasteiger partial charge in [-0.25, -0.2) is 0 Å². The molecule has 30 heavy (non-hydrogen) atoms. The molecule has 1 aromatic heterocycles. The van der Waals surface area contributed by atoms with Gasteiger partial charge in [0.15, 0.2) is 0 Å². The minimum absolute atomic E-state index is 0.00991. The first-order valence-electron chi connectivity index (χ1n) is 10.9. The predicted octanol–water partition coefficient (Wildman–Crippen LogP) is 5.68. The van der Waals surface area contributed by atoms with E-state index in [4.69, 9.17) is 16.3 Å². The number of carbonyl (C=O) groups is 1. The number of benzene rings is 2. The molecule has 0 unspecified atom stereocenters. The summed E-state index contributed by atoms with van der Waals surface area (Å²) in [6.45, 7) is 2.95. The van der Waals surface area contributed by atoms with Gasteiger partial charge in [0.05, 0.1) is 12.1 Å². The molecule has 0 fully saturated rings. The molecule has 1 amide bonds. The van der Waals surface area contributed by atoms with Crippen molar-refractivity contribution in [3.05, 3.63) is 70.4 Å². The van der Waals surface area contributed by atoms with E-state index in [1.54, 1.807) is 0 Å². The highest BCUT2D eigenvalue weighted by Crippen LogP contribution is 2.25. The Morgan fingerprint density at radius 1 is 1.10 bits per heavy atom. The van der Waals surface area contributed by atoms with Crippen molar-refractivity contribution in [3.63, 3.8) is 0 Å². The summed E-state index contributed by atoms with van der Waals surface area (Å²) in [6.07, 6.45) is 6.31. The van der Waals surface area contributed by atoms with E-state index in [0.29, 0.717) is 10.7 Å². The third-order valence-electron chi connectivity index (χ3n) is 5.90. The minimum atomic E-state index is -0.105. The average Bonchev–Trinajstić information content (AvgIpc) is 3.17. The summed E-state index contributed by atoms with van der Waals surface area (Å²) in [5, 5.41) is 4.82. The molecule has 0 saturated heterocycles. The van der Waals surface area contributed by atoms with Gasteiger partial charge in [0.25, 0.3) is 5.91 Å². The summed E-state index contributed by atoms with van der Waals surface area (Å²) in [7, 11) is 0. The molecule has 1 heterocycles. The Balaban J connectivity index is 1.47. The number of H-pyrrole nitrogens is 1. The van der Waals surface area contributed by atoms with Crippen LogP contribution in [0.4, 0.5) is 0 Å². The zero-order valence-electron chi connectivity index (χ0n) is 17.4. The van der Waals surface area contributed by atoms with E-state index in [0.717, 1.165) is 36.8 Å². The zero-order chi connectivity index (χ0) is 20.9. The number of ether oxygens (including phenoxy) is 1. The normalized spacial score (nSPS) is 18.3. The third-order valence-corrected chi connectivity index (χ3v) is 6.14. The lowest BCUT2D eigenvalue weighted by atomic mass is 9.86. The van der Waals surface area contributed by atoms with Crippen molar-refractivity contribution in [3.8, 4) is 0 Å². The molecule has 4 rings (SSSR count). The van der Waals surface area contributed by atoms with Crippen LogP contribution in [0.2, 0.25) is 5.02 Å². The number of fused-ring (bicyclic) bond motifs is 2. The van der Waals surface area contributed by atoms with Crippen molar-refractivity contribution >= 4 is 28.4 Å². The number of nitrogens with one attached hydrogen (secondary N) is 2. The van der Waals surface area contributed by atoms with E-state index in [1.807, 2.05) is 24.3 Å². The SMILES string of the molecule is CCCCCCO[C@@H]1Cc2ccccc2C[C@H]1NC(=O)c1cc2cc(Cl)ccc2[nH]1. The van der Waals surface area contributed by atoms with Gasteiger partial charge in [-0.2, -0.15) is 0 Å². The predicted molar refractivity (Wildman–Crippen MR) is 122 cm³/mol. The average molecular weight is 425 g/mol. The first-order valence-corrected chi connectivity index (χ1v) is 11.3. The number of halogens is 1. The fourth-order valence-electron chi connectivity index (χ4n) is 4.24. The van der Waals surface area contributed by atoms with Gasteiger partial charge in [-0.3, -0.25) is 4.79 Å². The second kappa shape index (κ2) is 9.67. The molecule has 0 bridgehead atoms. The highest BCUT2D eigenvalue weighted by atomic mass is 35.5. The summed E-state index contributed by atoms with van der Waals surface area (Å²) < 4.78 is 6.27. The Labute approximate surface area is 183 Å². The van der Waals surface area contributed by atoms with Crippen molar-refractivity contribution in [1.82, 2.24) is 10.3 Å². The van der Waals surface area contributed by atoms with E-state index in [2.05, 4.69) is 41.5 Å². The first-order chi connectivity index (χ1) is 14.6. The second-order valence-corrected chi connectivity index (χ2v) is 8.58. The zero-order valence-corrected chi connectivity index (χ0v) is 18.2. The lowest BCUT2D eigenvalue weighted by Gasteiger charge is -2.33. The summed E-state index contributed by atoms with van der Waals surface area (Å²) in [5.41, 5.74) is 4.06. The maximum atomic E-state index is 13.0. The molecular formula is C25H29ClN2O2. The minimum Gasteiger partial charge on any atom is -0.376 e. The monoisotopic (exact) mass is 424 g/mol. The van der Waals surface area contributed by atoms with Gasteiger partial charge in [-0.05, 0) is 48.2 Å². The molecule has 2 N–H and O–H groups in total. The molecule has 0 radical (unpaired) electrons. The molecule has 0 saturated carbocycles. The van der Waals surface area contributed by atoms with Crippen LogP contribution in [0, 0.1) is 0 Å². The molecule has 2 aromatic carbocycles. The maximum absolute atomic E-state index is 13.0. The van der Waals surface area contributed by atoms with Crippen molar-refractivity contribution < 1.29 is 9.53 Å². The lowest BCUT2D eigenvalue weighted by Crippen LogP contribution is -2.49. The van der Waals surface area contributed by atoms with Gasteiger partial charge in [-0.1, -0.05) is 62.1 Å². The van der Waals surface area contributed by atoms with Gasteiger partial charge in [0.2, 0.25) is 0 Å². The van der Waals surface area contributed by atoms with E-state index in [9.17, 15) is 4.79 Å². The number of aromatic nitrogens is 1. The summed E-state index contributed by atoms with van der Waals surface area (Å²) in [5.74, 6) is -0.105. The molecule has 4 nitrogen and oxygen atoms in total. The van der Waals surface area contributed by atoms with Crippen LogP contribution in [-0.2, 0) is 17.6 Å². The maximum Gasteiger partial charge on any atom is 0.268 e. The Bertz CT molecular complexity index is 1010. The van der Waals surface area contributed by atoms with E-state index in [-0.39, 0.29) is 18.1 Å². The second-order valence-electron chi connectivity index (χ2n) is 8.14. The van der Waals surface area contributed by atoms with Crippen molar-refractivity contribution in [2.24, 2.45) is 0 Å². The van der Waals surface area contributed by atoms with Gasteiger partial charge in [0.1, 0.15) is 5.69 Å². The van der Waals surface area contributed by atoms with Crippen LogP contribution in [0.3, 0.4) is 0 Å². The topological polar surface area (TPSA) is 54.1 Å². The Morgan fingerprint density at radius 2 is 1.90 bits per heavy atom. The standard InChI is InChI=1S/C25H29ClN2O2/c1-2-3-4-7-12-30-24-16-18-9-6-5-8-17(18)14-22(24)28-25(29)23-15-19-13-20(26)10-11-21(19)27-23/h5-6,8-11,13,15,22,24,27H,2-4,7,12,14,16H2,1H3,(H,28,29)/t22-,24-/m1/s1. The summed E-state index contributed by atoms with van der Waals surface area (Å²) in [4.78, 5) is 16.2. The van der Waals surface area contributed by atoms with Gasteiger partial charge in [-0.15, -0.1) is 0 Å².